The molecule has 3 aromatic heterocycles. The molecule has 0 N–H and O–H groups in total. The molecule has 0 atom stereocenters. The van der Waals surface area contributed by atoms with Crippen molar-refractivity contribution in [2.24, 2.45) is 0 Å². The highest BCUT2D eigenvalue weighted by atomic mass is 16.5. The molecule has 0 saturated carbocycles. The second-order valence-corrected chi connectivity index (χ2v) is 6.64. The van der Waals surface area contributed by atoms with Crippen LogP contribution in [0.25, 0.3) is 5.82 Å². The number of nitrogens with zero attached hydrogens (tertiary/aromatic N) is 3. The molecule has 0 radical (unpaired) electrons. The Morgan fingerprint density at radius 1 is 1.18 bits per heavy atom. The Hall–Kier alpha value is -3.35. The lowest BCUT2D eigenvalue weighted by molar-refractivity contribution is 0.0598. The Morgan fingerprint density at radius 3 is 2.57 bits per heavy atom. The molecule has 3 heterocycles. The number of ether oxygens (including phenoxy) is 1. The zero-order chi connectivity index (χ0) is 20.4. The third-order valence-electron chi connectivity index (χ3n) is 4.65. The van der Waals surface area contributed by atoms with E-state index < -0.39 is 5.97 Å². The van der Waals surface area contributed by atoms with Crippen molar-refractivity contribution < 1.29 is 18.7 Å². The average molecular weight is 381 g/mol. The minimum Gasteiger partial charge on any atom is -0.465 e. The Bertz CT molecular complexity index is 1020. The maximum absolute atomic E-state index is 13.0. The van der Waals surface area contributed by atoms with Crippen LogP contribution >= 0.6 is 0 Å². The zero-order valence-electron chi connectivity index (χ0n) is 16.6. The average Bonchev–Trinajstić information content (AvgIpc) is 3.19. The summed E-state index contributed by atoms with van der Waals surface area (Å²) in [6, 6.07) is 9.13. The van der Waals surface area contributed by atoms with E-state index in [-0.39, 0.29) is 12.5 Å². The Morgan fingerprint density at radius 2 is 1.93 bits per heavy atom. The van der Waals surface area contributed by atoms with Crippen LogP contribution in [0.3, 0.4) is 0 Å². The van der Waals surface area contributed by atoms with Crippen LogP contribution in [0.5, 0.6) is 0 Å². The van der Waals surface area contributed by atoms with Crippen molar-refractivity contribution in [1.82, 2.24) is 14.5 Å². The van der Waals surface area contributed by atoms with Crippen LogP contribution in [0.2, 0.25) is 0 Å². The molecule has 0 aliphatic rings. The van der Waals surface area contributed by atoms with Crippen LogP contribution in [-0.4, -0.2) is 40.5 Å². The summed E-state index contributed by atoms with van der Waals surface area (Å²) in [6.45, 7) is 5.77. The first-order chi connectivity index (χ1) is 13.3. The number of carbonyl (C=O) groups excluding carboxylic acids is 2. The lowest BCUT2D eigenvalue weighted by Crippen LogP contribution is -2.26. The van der Waals surface area contributed by atoms with E-state index in [1.807, 2.05) is 42.7 Å². The van der Waals surface area contributed by atoms with Gasteiger partial charge in [0.2, 0.25) is 0 Å². The maximum atomic E-state index is 13.0. The van der Waals surface area contributed by atoms with Crippen molar-refractivity contribution in [2.45, 2.75) is 27.3 Å². The number of amides is 1. The molecular weight excluding hydrogens is 358 g/mol. The van der Waals surface area contributed by atoms with Crippen LogP contribution < -0.4 is 0 Å². The molecule has 3 aromatic rings. The first kappa shape index (κ1) is 19.4. The highest BCUT2D eigenvalue weighted by Crippen LogP contribution is 2.22. The van der Waals surface area contributed by atoms with Gasteiger partial charge in [-0.3, -0.25) is 4.79 Å². The minimum atomic E-state index is -0.458. The molecule has 28 heavy (non-hydrogen) atoms. The number of hydrogen-bond donors (Lipinski definition) is 0. The molecule has 1 amide bonds. The van der Waals surface area contributed by atoms with Gasteiger partial charge in [0.05, 0.1) is 19.2 Å². The van der Waals surface area contributed by atoms with E-state index in [0.29, 0.717) is 22.6 Å². The van der Waals surface area contributed by atoms with E-state index >= 15 is 0 Å². The molecule has 0 aliphatic heterocycles. The van der Waals surface area contributed by atoms with Crippen LogP contribution in [0.1, 0.15) is 43.6 Å². The molecule has 0 unspecified atom stereocenters. The fraction of sp³-hybridized carbons (Fsp3) is 0.286. The van der Waals surface area contributed by atoms with E-state index in [1.165, 1.54) is 7.11 Å². The van der Waals surface area contributed by atoms with E-state index in [9.17, 15) is 9.59 Å². The van der Waals surface area contributed by atoms with Gasteiger partial charge in [-0.25, -0.2) is 9.78 Å². The van der Waals surface area contributed by atoms with Gasteiger partial charge in [-0.2, -0.15) is 0 Å². The summed E-state index contributed by atoms with van der Waals surface area (Å²) in [5.41, 5.74) is 2.71. The van der Waals surface area contributed by atoms with E-state index in [0.717, 1.165) is 17.2 Å². The molecule has 0 aromatic carbocycles. The zero-order valence-corrected chi connectivity index (χ0v) is 16.6. The number of aryl methyl sites for hydroxylation is 2. The summed E-state index contributed by atoms with van der Waals surface area (Å²) < 4.78 is 12.3. The van der Waals surface area contributed by atoms with Gasteiger partial charge in [-0.1, -0.05) is 6.07 Å². The molecule has 0 bridgehead atoms. The number of esters is 1. The van der Waals surface area contributed by atoms with Crippen molar-refractivity contribution in [3.63, 3.8) is 0 Å². The fourth-order valence-electron chi connectivity index (χ4n) is 3.26. The first-order valence-corrected chi connectivity index (χ1v) is 8.87. The number of furan rings is 1. The first-order valence-electron chi connectivity index (χ1n) is 8.87. The molecule has 0 fully saturated rings. The van der Waals surface area contributed by atoms with Gasteiger partial charge in [0.25, 0.3) is 5.91 Å². The number of pyridine rings is 1. The number of methoxy groups -OCH3 is 1. The standard InChI is InChI=1S/C21H23N3O4/c1-13-10-17(14(2)24(13)19-8-6-7-9-22-19)20(25)23(4)12-16-11-18(15(3)28-16)21(26)27-5/h6-11H,12H2,1-5H3. The Labute approximate surface area is 163 Å². The number of aromatic nitrogens is 2. The van der Waals surface area contributed by atoms with Crippen LogP contribution in [0.4, 0.5) is 0 Å². The highest BCUT2D eigenvalue weighted by molar-refractivity contribution is 5.95. The minimum absolute atomic E-state index is 0.135. The monoisotopic (exact) mass is 381 g/mol. The van der Waals surface area contributed by atoms with Gasteiger partial charge >= 0.3 is 5.97 Å². The summed E-state index contributed by atoms with van der Waals surface area (Å²) in [5.74, 6) is 1.16. The third kappa shape index (κ3) is 3.55. The summed E-state index contributed by atoms with van der Waals surface area (Å²) in [6.07, 6.45) is 1.72. The summed E-state index contributed by atoms with van der Waals surface area (Å²) in [5, 5.41) is 0. The summed E-state index contributed by atoms with van der Waals surface area (Å²) in [4.78, 5) is 30.7. The van der Waals surface area contributed by atoms with Crippen molar-refractivity contribution in [3.8, 4) is 5.82 Å². The SMILES string of the molecule is COC(=O)c1cc(CN(C)C(=O)c2cc(C)n(-c3ccccn3)c2C)oc1C. The van der Waals surface area contributed by atoms with Crippen molar-refractivity contribution in [3.05, 3.63) is 70.6 Å². The Balaban J connectivity index is 1.84. The molecular formula is C21H23N3O4. The van der Waals surface area contributed by atoms with E-state index in [4.69, 9.17) is 9.15 Å². The third-order valence-corrected chi connectivity index (χ3v) is 4.65. The van der Waals surface area contributed by atoms with Gasteiger partial charge in [0, 0.05) is 24.6 Å². The van der Waals surface area contributed by atoms with E-state index in [2.05, 4.69) is 4.98 Å². The number of rotatable bonds is 5. The molecule has 146 valence electrons. The van der Waals surface area contributed by atoms with Gasteiger partial charge in [-0.15, -0.1) is 0 Å². The highest BCUT2D eigenvalue weighted by Gasteiger charge is 2.22. The van der Waals surface area contributed by atoms with Crippen LogP contribution in [0.15, 0.2) is 40.9 Å². The quantitative estimate of drug-likeness (QED) is 0.633. The molecule has 7 heteroatoms. The maximum Gasteiger partial charge on any atom is 0.341 e. The molecule has 0 spiro atoms. The second kappa shape index (κ2) is 7.72. The fourth-order valence-corrected chi connectivity index (χ4v) is 3.26. The van der Waals surface area contributed by atoms with Crippen molar-refractivity contribution in [2.75, 3.05) is 14.2 Å². The van der Waals surface area contributed by atoms with Crippen LogP contribution in [-0.2, 0) is 11.3 Å². The van der Waals surface area contributed by atoms with Gasteiger partial charge in [0.15, 0.2) is 0 Å². The van der Waals surface area contributed by atoms with Gasteiger partial charge in [-0.05, 0) is 45.0 Å². The van der Waals surface area contributed by atoms with Gasteiger partial charge in [0.1, 0.15) is 22.9 Å². The van der Waals surface area contributed by atoms with Crippen LogP contribution in [0, 0.1) is 20.8 Å². The Kier molecular flexibility index (Phi) is 5.35. The lowest BCUT2D eigenvalue weighted by atomic mass is 10.2. The second-order valence-electron chi connectivity index (χ2n) is 6.64. The molecule has 3 rings (SSSR count). The number of carbonyl (C=O) groups is 2. The lowest BCUT2D eigenvalue weighted by Gasteiger charge is -2.16. The summed E-state index contributed by atoms with van der Waals surface area (Å²) in [7, 11) is 3.02. The molecule has 7 nitrogen and oxygen atoms in total. The molecule has 0 aliphatic carbocycles. The normalized spacial score (nSPS) is 10.8. The predicted molar refractivity (Wildman–Crippen MR) is 104 cm³/mol. The number of hydrogen-bond acceptors (Lipinski definition) is 5. The smallest absolute Gasteiger partial charge is 0.341 e. The molecule has 0 saturated heterocycles. The summed E-state index contributed by atoms with van der Waals surface area (Å²) >= 11 is 0. The van der Waals surface area contributed by atoms with Gasteiger partial charge < -0.3 is 18.6 Å². The predicted octanol–water partition coefficient (Wildman–Crippen LogP) is 3.45. The topological polar surface area (TPSA) is 77.6 Å². The van der Waals surface area contributed by atoms with E-state index in [1.54, 1.807) is 31.1 Å². The largest absolute Gasteiger partial charge is 0.465 e. The van der Waals surface area contributed by atoms with Crippen molar-refractivity contribution >= 4 is 11.9 Å². The van der Waals surface area contributed by atoms with Crippen molar-refractivity contribution in [1.29, 1.82) is 0 Å².